The lowest BCUT2D eigenvalue weighted by atomic mass is 10.4. The van der Waals surface area contributed by atoms with Crippen molar-refractivity contribution < 1.29 is 0 Å². The third kappa shape index (κ3) is 6.76. The third-order valence-electron chi connectivity index (χ3n) is 0.692. The summed E-state index contributed by atoms with van der Waals surface area (Å²) in [6, 6.07) is 0. The van der Waals surface area contributed by atoms with E-state index in [4.69, 9.17) is 5.73 Å². The first-order chi connectivity index (χ1) is 4.41. The van der Waals surface area contributed by atoms with Crippen molar-refractivity contribution in [2.75, 3.05) is 0 Å². The molecular formula is C8H11N. The zero-order valence-corrected chi connectivity index (χ0v) is 5.33. The molecule has 0 saturated carbocycles. The lowest BCUT2D eigenvalue weighted by molar-refractivity contribution is 1.60. The van der Waals surface area contributed by atoms with Crippen LogP contribution in [-0.2, 0) is 0 Å². The topological polar surface area (TPSA) is 26.0 Å². The first-order valence-electron chi connectivity index (χ1n) is 2.74. The number of hydrogen-bond donors (Lipinski definition) is 1. The fourth-order valence-corrected chi connectivity index (χ4v) is 0.335. The van der Waals surface area contributed by atoms with Crippen molar-refractivity contribution in [2.24, 2.45) is 5.73 Å². The zero-order valence-electron chi connectivity index (χ0n) is 5.33. The van der Waals surface area contributed by atoms with E-state index in [2.05, 4.69) is 6.58 Å². The van der Waals surface area contributed by atoms with E-state index in [1.165, 1.54) is 6.20 Å². The molecule has 0 heterocycles. The Balaban J connectivity index is 3.46. The van der Waals surface area contributed by atoms with Crippen LogP contribution in [0.1, 0.15) is 0 Å². The van der Waals surface area contributed by atoms with E-state index >= 15 is 0 Å². The molecule has 2 N–H and O–H groups in total. The highest BCUT2D eigenvalue weighted by Crippen LogP contribution is 1.77. The van der Waals surface area contributed by atoms with Gasteiger partial charge in [-0.15, -0.1) is 0 Å². The largest absolute Gasteiger partial charge is 0.405 e. The van der Waals surface area contributed by atoms with Crippen molar-refractivity contribution in [3.05, 3.63) is 49.2 Å². The fourth-order valence-electron chi connectivity index (χ4n) is 0.335. The van der Waals surface area contributed by atoms with Crippen LogP contribution in [0.3, 0.4) is 0 Å². The Kier molecular flexibility index (Phi) is 5.83. The molecule has 48 valence electrons. The van der Waals surface area contributed by atoms with Gasteiger partial charge in [0.15, 0.2) is 0 Å². The fraction of sp³-hybridized carbons (Fsp3) is 0. The standard InChI is InChI=1S/C8H11N/c1-2-3-4-5-6-7-8-9/h2-8H,1,9H2/b4-3-,6-5-,8-7+. The molecule has 0 aliphatic rings. The van der Waals surface area contributed by atoms with Crippen LogP contribution >= 0.6 is 0 Å². The third-order valence-corrected chi connectivity index (χ3v) is 0.692. The molecule has 0 aromatic heterocycles. The summed E-state index contributed by atoms with van der Waals surface area (Å²) < 4.78 is 0. The summed E-state index contributed by atoms with van der Waals surface area (Å²) in [6.07, 6.45) is 12.4. The van der Waals surface area contributed by atoms with Gasteiger partial charge in [0.2, 0.25) is 0 Å². The van der Waals surface area contributed by atoms with Gasteiger partial charge in [-0.1, -0.05) is 37.0 Å². The maximum Gasteiger partial charge on any atom is -0.00624 e. The van der Waals surface area contributed by atoms with Gasteiger partial charge >= 0.3 is 0 Å². The number of nitrogens with two attached hydrogens (primary N) is 1. The zero-order chi connectivity index (χ0) is 6.95. The van der Waals surface area contributed by atoms with Crippen molar-refractivity contribution in [3.8, 4) is 0 Å². The van der Waals surface area contributed by atoms with E-state index in [-0.39, 0.29) is 0 Å². The van der Waals surface area contributed by atoms with E-state index in [1.807, 2.05) is 24.3 Å². The van der Waals surface area contributed by atoms with E-state index in [0.29, 0.717) is 0 Å². The van der Waals surface area contributed by atoms with Gasteiger partial charge in [-0.2, -0.15) is 0 Å². The first kappa shape index (κ1) is 7.76. The minimum Gasteiger partial charge on any atom is -0.405 e. The van der Waals surface area contributed by atoms with Gasteiger partial charge in [-0.3, -0.25) is 0 Å². The molecule has 1 heteroatoms. The quantitative estimate of drug-likeness (QED) is 0.566. The highest BCUT2D eigenvalue weighted by molar-refractivity contribution is 5.13. The smallest absolute Gasteiger partial charge is 0.00624 e. The summed E-state index contributed by atoms with van der Waals surface area (Å²) in [4.78, 5) is 0. The molecule has 1 nitrogen and oxygen atoms in total. The molecule has 0 fully saturated rings. The lowest BCUT2D eigenvalue weighted by Crippen LogP contribution is -1.71. The van der Waals surface area contributed by atoms with Crippen LogP contribution in [-0.4, -0.2) is 0 Å². The van der Waals surface area contributed by atoms with Gasteiger partial charge in [0.25, 0.3) is 0 Å². The van der Waals surface area contributed by atoms with Crippen molar-refractivity contribution in [3.63, 3.8) is 0 Å². The van der Waals surface area contributed by atoms with Gasteiger partial charge in [0.05, 0.1) is 0 Å². The Labute approximate surface area is 55.9 Å². The molecule has 0 bridgehead atoms. The van der Waals surface area contributed by atoms with Crippen LogP contribution < -0.4 is 5.73 Å². The van der Waals surface area contributed by atoms with Crippen LogP contribution in [0.4, 0.5) is 0 Å². The monoisotopic (exact) mass is 121 g/mol. The maximum atomic E-state index is 5.07. The van der Waals surface area contributed by atoms with Crippen LogP contribution in [0.25, 0.3) is 0 Å². The van der Waals surface area contributed by atoms with Gasteiger partial charge < -0.3 is 5.73 Å². The molecule has 0 rings (SSSR count). The average molecular weight is 121 g/mol. The van der Waals surface area contributed by atoms with E-state index in [1.54, 1.807) is 12.2 Å². The molecule has 0 aromatic carbocycles. The second-order valence-electron chi connectivity index (χ2n) is 1.39. The Morgan fingerprint density at radius 3 is 2.00 bits per heavy atom. The number of rotatable bonds is 3. The van der Waals surface area contributed by atoms with E-state index < -0.39 is 0 Å². The highest BCUT2D eigenvalue weighted by atomic mass is 14.5. The molecule has 0 aromatic rings. The molecule has 0 spiro atoms. The van der Waals surface area contributed by atoms with Crippen LogP contribution in [0.15, 0.2) is 49.2 Å². The van der Waals surface area contributed by atoms with Crippen molar-refractivity contribution in [2.45, 2.75) is 0 Å². The Hall–Kier alpha value is -1.24. The SMILES string of the molecule is C=C\C=C/C=C\C=C\N. The van der Waals surface area contributed by atoms with Crippen LogP contribution in [0.5, 0.6) is 0 Å². The second kappa shape index (κ2) is 6.76. The second-order valence-corrected chi connectivity index (χ2v) is 1.39. The summed E-state index contributed by atoms with van der Waals surface area (Å²) in [5, 5.41) is 0. The molecule has 0 amide bonds. The Bertz CT molecular complexity index is 141. The summed E-state index contributed by atoms with van der Waals surface area (Å²) in [5.41, 5.74) is 5.07. The minimum atomic E-state index is 1.48. The van der Waals surface area contributed by atoms with Gasteiger partial charge in [0, 0.05) is 0 Å². The molecule has 0 aliphatic carbocycles. The average Bonchev–Trinajstić information content (AvgIpc) is 1.89. The van der Waals surface area contributed by atoms with Crippen molar-refractivity contribution in [1.82, 2.24) is 0 Å². The summed E-state index contributed by atoms with van der Waals surface area (Å²) in [7, 11) is 0. The molecular weight excluding hydrogens is 110 g/mol. The normalized spacial score (nSPS) is 12.0. The van der Waals surface area contributed by atoms with Crippen molar-refractivity contribution >= 4 is 0 Å². The molecule has 0 radical (unpaired) electrons. The van der Waals surface area contributed by atoms with E-state index in [9.17, 15) is 0 Å². The highest BCUT2D eigenvalue weighted by Gasteiger charge is 1.57. The number of allylic oxidation sites excluding steroid dienone is 6. The van der Waals surface area contributed by atoms with Crippen molar-refractivity contribution in [1.29, 1.82) is 0 Å². The molecule has 9 heavy (non-hydrogen) atoms. The summed E-state index contributed by atoms with van der Waals surface area (Å²) >= 11 is 0. The Morgan fingerprint density at radius 2 is 1.44 bits per heavy atom. The molecule has 0 aliphatic heterocycles. The van der Waals surface area contributed by atoms with Crippen LogP contribution in [0.2, 0.25) is 0 Å². The molecule has 0 atom stereocenters. The number of hydrogen-bond acceptors (Lipinski definition) is 1. The maximum absolute atomic E-state index is 5.07. The first-order valence-corrected chi connectivity index (χ1v) is 2.74. The lowest BCUT2D eigenvalue weighted by Gasteiger charge is -1.69. The predicted octanol–water partition coefficient (Wildman–Crippen LogP) is 1.76. The van der Waals surface area contributed by atoms with Gasteiger partial charge in [0.1, 0.15) is 0 Å². The molecule has 0 unspecified atom stereocenters. The summed E-state index contributed by atoms with van der Waals surface area (Å²) in [6.45, 7) is 3.52. The Morgan fingerprint density at radius 1 is 0.889 bits per heavy atom. The molecule has 0 saturated heterocycles. The van der Waals surface area contributed by atoms with Gasteiger partial charge in [-0.25, -0.2) is 0 Å². The predicted molar refractivity (Wildman–Crippen MR) is 41.8 cm³/mol. The van der Waals surface area contributed by atoms with Crippen LogP contribution in [0, 0.1) is 0 Å². The minimum absolute atomic E-state index is 1.48. The van der Waals surface area contributed by atoms with Gasteiger partial charge in [-0.05, 0) is 12.3 Å². The summed E-state index contributed by atoms with van der Waals surface area (Å²) in [5.74, 6) is 0. The van der Waals surface area contributed by atoms with E-state index in [0.717, 1.165) is 0 Å².